The number of nitrogens with zero attached hydrogens (tertiary/aromatic N) is 9. The number of sulfonamides is 1. The first kappa shape index (κ1) is 31.2. The molecule has 0 spiro atoms. The smallest absolute Gasteiger partial charge is 0.232 e. The summed E-state index contributed by atoms with van der Waals surface area (Å²) in [5.74, 6) is 1.78. The topological polar surface area (TPSA) is 197 Å². The molecular weight excluding hydrogens is 614 g/mol. The average Bonchev–Trinajstić information content (AvgIpc) is 3.43. The molecule has 1 aliphatic heterocycles. The summed E-state index contributed by atoms with van der Waals surface area (Å²) in [6.07, 6.45) is 10.2. The quantitative estimate of drug-likeness (QED) is 0.212. The van der Waals surface area contributed by atoms with Gasteiger partial charge in [0, 0.05) is 32.2 Å². The lowest BCUT2D eigenvalue weighted by atomic mass is 9.93. The van der Waals surface area contributed by atoms with Gasteiger partial charge in [-0.2, -0.15) is 10.2 Å². The molecule has 16 nitrogen and oxygen atoms in total. The maximum atomic E-state index is 13.0. The van der Waals surface area contributed by atoms with Gasteiger partial charge in [0.25, 0.3) is 0 Å². The van der Waals surface area contributed by atoms with Gasteiger partial charge in [-0.05, 0) is 31.7 Å². The van der Waals surface area contributed by atoms with Crippen molar-refractivity contribution < 1.29 is 23.1 Å². The van der Waals surface area contributed by atoms with Gasteiger partial charge >= 0.3 is 0 Å². The second-order valence-electron chi connectivity index (χ2n) is 11.3. The van der Waals surface area contributed by atoms with E-state index in [-0.39, 0.29) is 24.6 Å². The van der Waals surface area contributed by atoms with E-state index in [4.69, 9.17) is 19.7 Å². The molecular formula is C29H35N11O5S. The minimum atomic E-state index is -3.75. The van der Waals surface area contributed by atoms with E-state index in [1.807, 2.05) is 17.6 Å². The predicted octanol–water partition coefficient (Wildman–Crippen LogP) is 2.43. The van der Waals surface area contributed by atoms with E-state index in [2.05, 4.69) is 30.2 Å². The summed E-state index contributed by atoms with van der Waals surface area (Å²) in [6.45, 7) is 2.51. The molecule has 0 radical (unpaired) electrons. The van der Waals surface area contributed by atoms with Crippen LogP contribution in [0.2, 0.25) is 0 Å². The molecule has 0 bridgehead atoms. The van der Waals surface area contributed by atoms with Crippen LogP contribution in [-0.2, 0) is 28.4 Å². The summed E-state index contributed by atoms with van der Waals surface area (Å²) in [6, 6.07) is 5.81. The van der Waals surface area contributed by atoms with Gasteiger partial charge in [-0.15, -0.1) is 0 Å². The van der Waals surface area contributed by atoms with Crippen LogP contribution < -0.4 is 24.7 Å². The molecule has 0 atom stereocenters. The maximum Gasteiger partial charge on any atom is 0.232 e. The number of nitrogens with one attached hydrogen (secondary N) is 2. The zero-order valence-electron chi connectivity index (χ0n) is 25.5. The summed E-state index contributed by atoms with van der Waals surface area (Å²) >= 11 is 0. The van der Waals surface area contributed by atoms with E-state index in [1.165, 1.54) is 29.1 Å². The Labute approximate surface area is 266 Å². The van der Waals surface area contributed by atoms with Crippen LogP contribution in [-0.4, -0.2) is 87.8 Å². The lowest BCUT2D eigenvalue weighted by Gasteiger charge is -2.31. The number of aromatic nitrogens is 6. The third-order valence-electron chi connectivity index (χ3n) is 8.20. The van der Waals surface area contributed by atoms with Crippen molar-refractivity contribution in [3.8, 4) is 11.9 Å². The SMILES string of the molecule is Cn1c(CN(c2cnc3cc(N4CCOCC4)nc(OC4CCC(Nc5ncc(C#N)cn5)CC4)c3c2)S(C)(=O)=O)cnc1NO. The van der Waals surface area contributed by atoms with Crippen molar-refractivity contribution in [1.82, 2.24) is 29.5 Å². The predicted molar refractivity (Wildman–Crippen MR) is 169 cm³/mol. The van der Waals surface area contributed by atoms with Gasteiger partial charge in [-0.3, -0.25) is 14.5 Å². The number of fused-ring (bicyclic) bond motifs is 1. The lowest BCUT2D eigenvalue weighted by Crippen LogP contribution is -2.37. The molecule has 1 aliphatic carbocycles. The van der Waals surface area contributed by atoms with E-state index >= 15 is 0 Å². The number of anilines is 4. The monoisotopic (exact) mass is 649 g/mol. The Hall–Kier alpha value is -4.79. The van der Waals surface area contributed by atoms with Gasteiger partial charge in [-0.25, -0.2) is 28.8 Å². The second-order valence-corrected chi connectivity index (χ2v) is 13.2. The highest BCUT2D eigenvalue weighted by atomic mass is 32.2. The molecule has 1 saturated heterocycles. The normalized spacial score (nSPS) is 18.6. The summed E-state index contributed by atoms with van der Waals surface area (Å²) in [5, 5.41) is 22.2. The fourth-order valence-corrected chi connectivity index (χ4v) is 6.47. The molecule has 5 heterocycles. The Morgan fingerprint density at radius 3 is 2.48 bits per heavy atom. The Kier molecular flexibility index (Phi) is 9.01. The second kappa shape index (κ2) is 13.3. The zero-order valence-corrected chi connectivity index (χ0v) is 26.3. The van der Waals surface area contributed by atoms with Crippen LogP contribution in [0.3, 0.4) is 0 Å². The van der Waals surface area contributed by atoms with Crippen LogP contribution in [0.25, 0.3) is 10.9 Å². The molecule has 0 unspecified atom stereocenters. The number of hydrogen-bond acceptors (Lipinski definition) is 14. The van der Waals surface area contributed by atoms with E-state index in [9.17, 15) is 13.6 Å². The number of rotatable bonds is 10. The number of pyridine rings is 2. The maximum absolute atomic E-state index is 13.0. The van der Waals surface area contributed by atoms with E-state index < -0.39 is 10.0 Å². The Balaban J connectivity index is 1.27. The van der Waals surface area contributed by atoms with Gasteiger partial charge in [0.1, 0.15) is 18.0 Å². The highest BCUT2D eigenvalue weighted by Crippen LogP contribution is 2.34. The lowest BCUT2D eigenvalue weighted by molar-refractivity contribution is 0.122. The first-order valence-electron chi connectivity index (χ1n) is 14.9. The minimum absolute atomic E-state index is 0.0351. The van der Waals surface area contributed by atoms with Gasteiger partial charge in [0.05, 0.1) is 78.6 Å². The van der Waals surface area contributed by atoms with Crippen molar-refractivity contribution in [2.45, 2.75) is 44.4 Å². The first-order valence-corrected chi connectivity index (χ1v) is 16.7. The molecule has 2 fully saturated rings. The third-order valence-corrected chi connectivity index (χ3v) is 9.34. The van der Waals surface area contributed by atoms with Crippen LogP contribution in [0.1, 0.15) is 36.9 Å². The fraction of sp³-hybridized carbons (Fsp3) is 0.448. The minimum Gasteiger partial charge on any atom is -0.474 e. The van der Waals surface area contributed by atoms with Crippen molar-refractivity contribution >= 4 is 44.3 Å². The Bertz CT molecular complexity index is 1830. The van der Waals surface area contributed by atoms with Crippen LogP contribution in [0, 0.1) is 11.3 Å². The Morgan fingerprint density at radius 2 is 1.83 bits per heavy atom. The third kappa shape index (κ3) is 6.88. The molecule has 17 heteroatoms. The number of hydrogen-bond donors (Lipinski definition) is 3. The standard InChI is InChI=1S/C29H35N11O5S/c1-38-22(17-34-29(38)37-41)18-40(46(2,42)43)21-11-24-25(31-16-21)12-26(39-7-9-44-10-8-39)36-27(24)45-23-5-3-20(4-6-23)35-28-32-14-19(13-30)15-33-28/h11-12,14-17,20,23,41H,3-10,18H2,1-2H3,(H,34,37)(H,32,33,35). The largest absolute Gasteiger partial charge is 0.474 e. The molecule has 0 aromatic carbocycles. The summed E-state index contributed by atoms with van der Waals surface area (Å²) in [7, 11) is -2.08. The summed E-state index contributed by atoms with van der Waals surface area (Å²) in [5.41, 5.74) is 3.93. The number of imidazole rings is 1. The van der Waals surface area contributed by atoms with Crippen molar-refractivity contribution in [1.29, 1.82) is 5.26 Å². The van der Waals surface area contributed by atoms with Gasteiger partial charge in [0.2, 0.25) is 27.8 Å². The van der Waals surface area contributed by atoms with Gasteiger partial charge < -0.3 is 24.3 Å². The molecule has 1 saturated carbocycles. The molecule has 242 valence electrons. The Morgan fingerprint density at radius 1 is 1.09 bits per heavy atom. The first-order chi connectivity index (χ1) is 22.2. The van der Waals surface area contributed by atoms with Gasteiger partial charge in [0.15, 0.2) is 0 Å². The molecule has 46 heavy (non-hydrogen) atoms. The molecule has 3 N–H and O–H groups in total. The summed E-state index contributed by atoms with van der Waals surface area (Å²) in [4.78, 5) is 24.3. The molecule has 4 aromatic rings. The highest BCUT2D eigenvalue weighted by Gasteiger charge is 2.27. The van der Waals surface area contributed by atoms with Crippen LogP contribution in [0.4, 0.5) is 23.4 Å². The fourth-order valence-electron chi connectivity index (χ4n) is 5.62. The number of nitriles is 1. The van der Waals surface area contributed by atoms with E-state index in [0.29, 0.717) is 66.0 Å². The average molecular weight is 650 g/mol. The van der Waals surface area contributed by atoms with Gasteiger partial charge in [-0.1, -0.05) is 0 Å². The number of ether oxygens (including phenoxy) is 2. The molecule has 6 rings (SSSR count). The molecule has 2 aliphatic rings. The van der Waals surface area contributed by atoms with E-state index in [1.54, 1.807) is 17.7 Å². The van der Waals surface area contributed by atoms with Crippen LogP contribution in [0.5, 0.6) is 5.88 Å². The molecule has 0 amide bonds. The molecule has 4 aromatic heterocycles. The highest BCUT2D eigenvalue weighted by molar-refractivity contribution is 7.92. The van der Waals surface area contributed by atoms with E-state index in [0.717, 1.165) is 37.8 Å². The van der Waals surface area contributed by atoms with Crippen molar-refractivity contribution in [2.75, 3.05) is 52.6 Å². The number of morpholine rings is 1. The van der Waals surface area contributed by atoms with Crippen LogP contribution >= 0.6 is 0 Å². The van der Waals surface area contributed by atoms with Crippen LogP contribution in [0.15, 0.2) is 36.9 Å². The van der Waals surface area contributed by atoms with Crippen molar-refractivity contribution in [3.05, 3.63) is 48.2 Å². The summed E-state index contributed by atoms with van der Waals surface area (Å²) < 4.78 is 41.0. The van der Waals surface area contributed by atoms with Crippen molar-refractivity contribution in [2.24, 2.45) is 7.05 Å². The zero-order chi connectivity index (χ0) is 32.3. The van der Waals surface area contributed by atoms with Crippen molar-refractivity contribution in [3.63, 3.8) is 0 Å².